The van der Waals surface area contributed by atoms with Crippen LogP contribution in [0.5, 0.6) is 5.88 Å². The maximum Gasteiger partial charge on any atom is 0.212 e. The Morgan fingerprint density at radius 2 is 1.95 bits per heavy atom. The van der Waals surface area contributed by atoms with Crippen molar-refractivity contribution in [2.45, 2.75) is 39.8 Å². The van der Waals surface area contributed by atoms with E-state index in [2.05, 4.69) is 43.6 Å². The summed E-state index contributed by atoms with van der Waals surface area (Å²) in [7, 11) is 1.63. The largest absolute Gasteiger partial charge is 0.481 e. The van der Waals surface area contributed by atoms with Crippen molar-refractivity contribution in [2.24, 2.45) is 11.7 Å². The number of rotatable bonds is 7. The molecule has 1 aromatic heterocycles. The van der Waals surface area contributed by atoms with Crippen molar-refractivity contribution in [3.63, 3.8) is 0 Å². The van der Waals surface area contributed by atoms with Gasteiger partial charge in [-0.05, 0) is 25.3 Å². The van der Waals surface area contributed by atoms with Crippen molar-refractivity contribution in [1.82, 2.24) is 9.88 Å². The van der Waals surface area contributed by atoms with Gasteiger partial charge in [0.05, 0.1) is 7.11 Å². The minimum atomic E-state index is 0.209. The zero-order valence-corrected chi connectivity index (χ0v) is 12.8. The van der Waals surface area contributed by atoms with E-state index in [-0.39, 0.29) is 6.04 Å². The molecule has 0 radical (unpaired) electrons. The SMILES string of the molecule is COc1ccc(C(CN)N(CC(C)C)C(C)C)cn1. The third-order valence-electron chi connectivity index (χ3n) is 3.22. The quantitative estimate of drug-likeness (QED) is 0.823. The fraction of sp³-hybridized carbons (Fsp3) is 0.667. The molecule has 0 aliphatic carbocycles. The minimum absolute atomic E-state index is 0.209. The zero-order valence-electron chi connectivity index (χ0n) is 12.8. The number of aromatic nitrogens is 1. The first-order valence-electron chi connectivity index (χ1n) is 6.95. The van der Waals surface area contributed by atoms with Gasteiger partial charge in [-0.2, -0.15) is 0 Å². The van der Waals surface area contributed by atoms with Crippen LogP contribution in [0.2, 0.25) is 0 Å². The maximum atomic E-state index is 5.99. The molecular weight excluding hydrogens is 238 g/mol. The molecule has 0 fully saturated rings. The second kappa shape index (κ2) is 7.46. The molecule has 0 aliphatic heterocycles. The predicted molar refractivity (Wildman–Crippen MR) is 79.3 cm³/mol. The number of hydrogen-bond acceptors (Lipinski definition) is 4. The van der Waals surface area contributed by atoms with Gasteiger partial charge in [-0.1, -0.05) is 19.9 Å². The molecule has 0 aliphatic rings. The van der Waals surface area contributed by atoms with E-state index in [9.17, 15) is 0 Å². The molecule has 19 heavy (non-hydrogen) atoms. The van der Waals surface area contributed by atoms with Gasteiger partial charge >= 0.3 is 0 Å². The molecule has 108 valence electrons. The number of hydrogen-bond donors (Lipinski definition) is 1. The molecule has 4 heteroatoms. The van der Waals surface area contributed by atoms with E-state index in [1.165, 1.54) is 0 Å². The number of nitrogens with zero attached hydrogens (tertiary/aromatic N) is 2. The Kier molecular flexibility index (Phi) is 6.25. The summed E-state index contributed by atoms with van der Waals surface area (Å²) in [6, 6.07) is 4.61. The van der Waals surface area contributed by atoms with E-state index in [0.29, 0.717) is 24.4 Å². The van der Waals surface area contributed by atoms with Gasteiger partial charge in [0, 0.05) is 37.4 Å². The Balaban J connectivity index is 2.94. The molecule has 1 heterocycles. The van der Waals surface area contributed by atoms with Crippen LogP contribution in [0.15, 0.2) is 18.3 Å². The predicted octanol–water partition coefficient (Wildman–Crippen LogP) is 2.46. The third kappa shape index (κ3) is 4.48. The van der Waals surface area contributed by atoms with Crippen LogP contribution >= 0.6 is 0 Å². The molecule has 1 unspecified atom stereocenters. The summed E-state index contributed by atoms with van der Waals surface area (Å²) < 4.78 is 5.10. The lowest BCUT2D eigenvalue weighted by molar-refractivity contribution is 0.138. The van der Waals surface area contributed by atoms with Gasteiger partial charge in [-0.3, -0.25) is 4.90 Å². The van der Waals surface area contributed by atoms with Gasteiger partial charge in [-0.15, -0.1) is 0 Å². The van der Waals surface area contributed by atoms with Crippen LogP contribution < -0.4 is 10.5 Å². The van der Waals surface area contributed by atoms with Gasteiger partial charge in [0.15, 0.2) is 0 Å². The molecule has 1 aromatic rings. The number of pyridine rings is 1. The van der Waals surface area contributed by atoms with E-state index in [0.717, 1.165) is 12.1 Å². The Bertz CT molecular complexity index is 362. The molecule has 1 rings (SSSR count). The highest BCUT2D eigenvalue weighted by atomic mass is 16.5. The normalized spacial score (nSPS) is 13.3. The summed E-state index contributed by atoms with van der Waals surface area (Å²) in [6.07, 6.45) is 1.87. The maximum absolute atomic E-state index is 5.99. The van der Waals surface area contributed by atoms with Gasteiger partial charge < -0.3 is 10.5 Å². The summed E-state index contributed by atoms with van der Waals surface area (Å²) >= 11 is 0. The molecule has 0 saturated heterocycles. The highest BCUT2D eigenvalue weighted by molar-refractivity contribution is 5.21. The van der Waals surface area contributed by atoms with Crippen LogP contribution in [-0.4, -0.2) is 36.1 Å². The van der Waals surface area contributed by atoms with E-state index in [1.54, 1.807) is 7.11 Å². The van der Waals surface area contributed by atoms with Crippen molar-refractivity contribution < 1.29 is 4.74 Å². The lowest BCUT2D eigenvalue weighted by Gasteiger charge is -2.35. The fourth-order valence-electron chi connectivity index (χ4n) is 2.29. The first-order chi connectivity index (χ1) is 8.99. The van der Waals surface area contributed by atoms with Crippen molar-refractivity contribution in [3.8, 4) is 5.88 Å². The summed E-state index contributed by atoms with van der Waals surface area (Å²) in [5.41, 5.74) is 7.14. The average molecular weight is 265 g/mol. The van der Waals surface area contributed by atoms with Crippen LogP contribution in [0, 0.1) is 5.92 Å². The zero-order chi connectivity index (χ0) is 14.4. The molecule has 0 amide bonds. The Labute approximate surface area is 117 Å². The standard InChI is InChI=1S/C15H27N3O/c1-11(2)10-18(12(3)4)14(8-16)13-6-7-15(19-5)17-9-13/h6-7,9,11-12,14H,8,10,16H2,1-5H3. The summed E-state index contributed by atoms with van der Waals surface area (Å²) in [5.74, 6) is 1.25. The topological polar surface area (TPSA) is 51.4 Å². The van der Waals surface area contributed by atoms with Crippen molar-refractivity contribution >= 4 is 0 Å². The lowest BCUT2D eigenvalue weighted by Crippen LogP contribution is -2.40. The number of nitrogens with two attached hydrogens (primary N) is 1. The summed E-state index contributed by atoms with van der Waals surface area (Å²) in [6.45, 7) is 10.5. The number of methoxy groups -OCH3 is 1. The van der Waals surface area contributed by atoms with Crippen molar-refractivity contribution in [1.29, 1.82) is 0 Å². The molecule has 0 aromatic carbocycles. The minimum Gasteiger partial charge on any atom is -0.481 e. The monoisotopic (exact) mass is 265 g/mol. The van der Waals surface area contributed by atoms with Crippen LogP contribution in [0.3, 0.4) is 0 Å². The first kappa shape index (κ1) is 15.9. The molecular formula is C15H27N3O. The second-order valence-electron chi connectivity index (χ2n) is 5.57. The van der Waals surface area contributed by atoms with E-state index < -0.39 is 0 Å². The number of ether oxygens (including phenoxy) is 1. The summed E-state index contributed by atoms with van der Waals surface area (Å²) in [4.78, 5) is 6.72. The lowest BCUT2D eigenvalue weighted by atomic mass is 10.0. The van der Waals surface area contributed by atoms with Crippen LogP contribution in [0.1, 0.15) is 39.3 Å². The molecule has 0 bridgehead atoms. The molecule has 2 N–H and O–H groups in total. The van der Waals surface area contributed by atoms with Gasteiger partial charge in [0.25, 0.3) is 0 Å². The molecule has 4 nitrogen and oxygen atoms in total. The fourth-order valence-corrected chi connectivity index (χ4v) is 2.29. The van der Waals surface area contributed by atoms with Gasteiger partial charge in [0.2, 0.25) is 5.88 Å². The Hall–Kier alpha value is -1.13. The first-order valence-corrected chi connectivity index (χ1v) is 6.95. The molecule has 0 saturated carbocycles. The van der Waals surface area contributed by atoms with Crippen LogP contribution in [0.4, 0.5) is 0 Å². The van der Waals surface area contributed by atoms with Crippen LogP contribution in [0.25, 0.3) is 0 Å². The molecule has 0 spiro atoms. The van der Waals surface area contributed by atoms with Gasteiger partial charge in [-0.25, -0.2) is 4.98 Å². The highest BCUT2D eigenvalue weighted by Crippen LogP contribution is 2.23. The van der Waals surface area contributed by atoms with E-state index >= 15 is 0 Å². The van der Waals surface area contributed by atoms with Gasteiger partial charge in [0.1, 0.15) is 0 Å². The second-order valence-corrected chi connectivity index (χ2v) is 5.57. The molecule has 1 atom stereocenters. The van der Waals surface area contributed by atoms with Crippen molar-refractivity contribution in [2.75, 3.05) is 20.2 Å². The third-order valence-corrected chi connectivity index (χ3v) is 3.22. The summed E-state index contributed by atoms with van der Waals surface area (Å²) in [5, 5.41) is 0. The average Bonchev–Trinajstić information content (AvgIpc) is 2.38. The van der Waals surface area contributed by atoms with Crippen molar-refractivity contribution in [3.05, 3.63) is 23.9 Å². The van der Waals surface area contributed by atoms with Crippen LogP contribution in [-0.2, 0) is 0 Å². The van der Waals surface area contributed by atoms with E-state index in [4.69, 9.17) is 10.5 Å². The Morgan fingerprint density at radius 1 is 1.26 bits per heavy atom. The van der Waals surface area contributed by atoms with E-state index in [1.807, 2.05) is 12.3 Å². The Morgan fingerprint density at radius 3 is 2.32 bits per heavy atom. The highest BCUT2D eigenvalue weighted by Gasteiger charge is 2.22. The smallest absolute Gasteiger partial charge is 0.212 e.